The van der Waals surface area contributed by atoms with Crippen molar-refractivity contribution in [2.24, 2.45) is 0 Å². The van der Waals surface area contributed by atoms with E-state index in [0.29, 0.717) is 30.6 Å². The number of amides is 2. The standard InChI is InChI=1S/C32H35N3O7/c1-21(2)34-27(15-12-22-8-5-4-6-9-22)31(37)33-26(32(38)41-3)19-24-13-16-29(28(20-24)35(39)40)42-25-11-7-10-23(18-25)14-17-30(34)36/h4-11,13,16,18,20-21,26-27H,12,14-15,17,19H2,1-3H3,(H,33,37). The SMILES string of the molecule is COC(=O)C1Cc2ccc(c([N+](=O)[O-])c2)Oc2cccc(c2)CCC(=O)N(C(C)C)C(CCc2ccccc2)C(=O)N1. The van der Waals surface area contributed by atoms with E-state index >= 15 is 0 Å². The first-order valence-corrected chi connectivity index (χ1v) is 13.9. The predicted octanol–water partition coefficient (Wildman–Crippen LogP) is 4.77. The van der Waals surface area contributed by atoms with E-state index < -0.39 is 28.9 Å². The Bertz CT molecular complexity index is 1440. The first-order chi connectivity index (χ1) is 20.2. The molecule has 2 atom stereocenters. The van der Waals surface area contributed by atoms with Gasteiger partial charge in [0.05, 0.1) is 12.0 Å². The summed E-state index contributed by atoms with van der Waals surface area (Å²) in [4.78, 5) is 53.4. The molecule has 0 aliphatic carbocycles. The van der Waals surface area contributed by atoms with Crippen molar-refractivity contribution in [2.75, 3.05) is 7.11 Å². The van der Waals surface area contributed by atoms with Crippen molar-refractivity contribution >= 4 is 23.5 Å². The molecule has 10 heteroatoms. The van der Waals surface area contributed by atoms with Crippen LogP contribution in [-0.4, -0.2) is 52.8 Å². The van der Waals surface area contributed by atoms with Gasteiger partial charge in [-0.15, -0.1) is 0 Å². The van der Waals surface area contributed by atoms with Gasteiger partial charge in [0, 0.05) is 24.9 Å². The molecule has 2 aliphatic rings. The van der Waals surface area contributed by atoms with E-state index in [1.54, 1.807) is 29.2 Å². The number of nitro groups is 1. The Labute approximate surface area is 244 Å². The second-order valence-electron chi connectivity index (χ2n) is 10.5. The van der Waals surface area contributed by atoms with Gasteiger partial charge in [0.15, 0.2) is 0 Å². The average molecular weight is 574 g/mol. The molecule has 0 spiro atoms. The molecule has 2 unspecified atom stereocenters. The molecule has 0 aromatic heterocycles. The lowest BCUT2D eigenvalue weighted by molar-refractivity contribution is -0.385. The molecular formula is C32H35N3O7. The predicted molar refractivity (Wildman–Crippen MR) is 156 cm³/mol. The highest BCUT2D eigenvalue weighted by Gasteiger charge is 2.34. The third-order valence-electron chi connectivity index (χ3n) is 7.25. The fourth-order valence-corrected chi connectivity index (χ4v) is 5.20. The zero-order valence-corrected chi connectivity index (χ0v) is 23.9. The Morgan fingerprint density at radius 1 is 1.05 bits per heavy atom. The van der Waals surface area contributed by atoms with Crippen molar-refractivity contribution < 1.29 is 28.8 Å². The third kappa shape index (κ3) is 7.51. The zero-order valence-electron chi connectivity index (χ0n) is 23.9. The van der Waals surface area contributed by atoms with Gasteiger partial charge in [0.1, 0.15) is 17.8 Å². The number of nitro benzene ring substituents is 1. The maximum Gasteiger partial charge on any atom is 0.328 e. The van der Waals surface area contributed by atoms with Crippen molar-refractivity contribution in [1.82, 2.24) is 10.2 Å². The number of carbonyl (C=O) groups is 3. The van der Waals surface area contributed by atoms with E-state index in [0.717, 1.165) is 11.1 Å². The van der Waals surface area contributed by atoms with Gasteiger partial charge in [-0.25, -0.2) is 4.79 Å². The maximum atomic E-state index is 13.9. The summed E-state index contributed by atoms with van der Waals surface area (Å²) in [6, 6.07) is 18.8. The Hall–Kier alpha value is -4.73. The quantitative estimate of drug-likeness (QED) is 0.256. The number of carbonyl (C=O) groups excluding carboxylic acids is 3. The average Bonchev–Trinajstić information content (AvgIpc) is 2.98. The summed E-state index contributed by atoms with van der Waals surface area (Å²) in [5.74, 6) is -0.974. The lowest BCUT2D eigenvalue weighted by Gasteiger charge is -2.35. The van der Waals surface area contributed by atoms with Gasteiger partial charge in [-0.3, -0.25) is 19.7 Å². The Morgan fingerprint density at radius 3 is 2.50 bits per heavy atom. The summed E-state index contributed by atoms with van der Waals surface area (Å²) < 4.78 is 10.9. The van der Waals surface area contributed by atoms with Crippen LogP contribution in [0, 0.1) is 10.1 Å². The minimum Gasteiger partial charge on any atom is -0.467 e. The molecule has 1 N–H and O–H groups in total. The van der Waals surface area contributed by atoms with Crippen LogP contribution in [0.3, 0.4) is 0 Å². The highest BCUT2D eigenvalue weighted by molar-refractivity contribution is 5.91. The normalized spacial score (nSPS) is 17.8. The fraction of sp³-hybridized carbons (Fsp3) is 0.344. The molecule has 5 rings (SSSR count). The number of benzene rings is 3. The van der Waals surface area contributed by atoms with Crippen LogP contribution in [0.4, 0.5) is 5.69 Å². The number of nitrogens with one attached hydrogen (secondary N) is 1. The van der Waals surface area contributed by atoms with Crippen LogP contribution >= 0.6 is 0 Å². The molecule has 0 radical (unpaired) electrons. The van der Waals surface area contributed by atoms with Crippen molar-refractivity contribution in [3.8, 4) is 11.5 Å². The van der Waals surface area contributed by atoms with Crippen LogP contribution < -0.4 is 10.1 Å². The Kier molecular flexibility index (Phi) is 9.90. The summed E-state index contributed by atoms with van der Waals surface area (Å²) in [6.07, 6.45) is 1.31. The van der Waals surface area contributed by atoms with E-state index in [2.05, 4.69) is 5.32 Å². The molecule has 2 heterocycles. The topological polar surface area (TPSA) is 128 Å². The number of aryl methyl sites for hydroxylation is 2. The van der Waals surface area contributed by atoms with Crippen LogP contribution in [0.5, 0.6) is 11.5 Å². The molecule has 2 aliphatic heterocycles. The van der Waals surface area contributed by atoms with Crippen LogP contribution in [0.1, 0.15) is 43.4 Å². The minimum atomic E-state index is -1.14. The second kappa shape index (κ2) is 13.8. The molecule has 0 saturated heterocycles. The van der Waals surface area contributed by atoms with Crippen molar-refractivity contribution in [3.05, 3.63) is 99.6 Å². The Morgan fingerprint density at radius 2 is 1.81 bits per heavy atom. The fourth-order valence-electron chi connectivity index (χ4n) is 5.20. The first kappa shape index (κ1) is 30.2. The highest BCUT2D eigenvalue weighted by atomic mass is 16.6. The monoisotopic (exact) mass is 573 g/mol. The number of hydrogen-bond donors (Lipinski definition) is 1. The molecule has 3 aromatic rings. The number of hydrogen-bond acceptors (Lipinski definition) is 7. The van der Waals surface area contributed by atoms with E-state index in [1.807, 2.05) is 50.2 Å². The van der Waals surface area contributed by atoms with Gasteiger partial charge in [-0.05, 0) is 68.0 Å². The van der Waals surface area contributed by atoms with Crippen LogP contribution in [-0.2, 0) is 38.4 Å². The van der Waals surface area contributed by atoms with Crippen molar-refractivity contribution in [2.45, 2.75) is 64.1 Å². The van der Waals surface area contributed by atoms with E-state index in [4.69, 9.17) is 9.47 Å². The lowest BCUT2D eigenvalue weighted by atomic mass is 9.99. The third-order valence-corrected chi connectivity index (χ3v) is 7.25. The molecule has 0 fully saturated rings. The number of nitrogens with zero attached hydrogens (tertiary/aromatic N) is 2. The highest BCUT2D eigenvalue weighted by Crippen LogP contribution is 2.33. The van der Waals surface area contributed by atoms with Gasteiger partial charge < -0.3 is 19.7 Å². The molecular weight excluding hydrogens is 538 g/mol. The van der Waals surface area contributed by atoms with Crippen LogP contribution in [0.15, 0.2) is 72.8 Å². The number of ether oxygens (including phenoxy) is 2. The number of methoxy groups -OCH3 is 1. The smallest absolute Gasteiger partial charge is 0.328 e. The van der Waals surface area contributed by atoms with Gasteiger partial charge in [-0.1, -0.05) is 48.5 Å². The van der Waals surface area contributed by atoms with Crippen LogP contribution in [0.2, 0.25) is 0 Å². The van der Waals surface area contributed by atoms with E-state index in [9.17, 15) is 24.5 Å². The second-order valence-corrected chi connectivity index (χ2v) is 10.5. The van der Waals surface area contributed by atoms with Crippen LogP contribution in [0.25, 0.3) is 0 Å². The number of rotatable bonds is 6. The lowest BCUT2D eigenvalue weighted by Crippen LogP contribution is -2.56. The molecule has 4 bridgehead atoms. The number of esters is 1. The summed E-state index contributed by atoms with van der Waals surface area (Å²) in [7, 11) is 1.21. The maximum absolute atomic E-state index is 13.9. The number of fused-ring (bicyclic) bond motifs is 10. The van der Waals surface area contributed by atoms with E-state index in [-0.39, 0.29) is 36.2 Å². The molecule has 2 amide bonds. The summed E-state index contributed by atoms with van der Waals surface area (Å²) >= 11 is 0. The van der Waals surface area contributed by atoms with Gasteiger partial charge in [0.25, 0.3) is 0 Å². The minimum absolute atomic E-state index is 0.0342. The molecule has 42 heavy (non-hydrogen) atoms. The van der Waals surface area contributed by atoms with Gasteiger partial charge in [-0.2, -0.15) is 0 Å². The van der Waals surface area contributed by atoms with Crippen molar-refractivity contribution in [3.63, 3.8) is 0 Å². The molecule has 0 saturated carbocycles. The Balaban J connectivity index is 1.77. The first-order valence-electron chi connectivity index (χ1n) is 13.9. The largest absolute Gasteiger partial charge is 0.467 e. The summed E-state index contributed by atoms with van der Waals surface area (Å²) in [6.45, 7) is 3.71. The van der Waals surface area contributed by atoms with Gasteiger partial charge in [0.2, 0.25) is 17.6 Å². The van der Waals surface area contributed by atoms with Crippen molar-refractivity contribution in [1.29, 1.82) is 0 Å². The molecule has 3 aromatic carbocycles. The zero-order chi connectivity index (χ0) is 30.2. The summed E-state index contributed by atoms with van der Waals surface area (Å²) in [5.41, 5.74) is 1.97. The molecule has 10 nitrogen and oxygen atoms in total. The van der Waals surface area contributed by atoms with E-state index in [1.165, 1.54) is 19.2 Å². The molecule has 220 valence electrons. The summed E-state index contributed by atoms with van der Waals surface area (Å²) in [5, 5.41) is 14.7. The van der Waals surface area contributed by atoms with Gasteiger partial charge >= 0.3 is 11.7 Å².